The van der Waals surface area contributed by atoms with Gasteiger partial charge in [-0.3, -0.25) is 18.6 Å². The van der Waals surface area contributed by atoms with E-state index < -0.39 is 26.5 Å². The number of nitrogens with one attached hydrogen (secondary N) is 1. The molecule has 2 unspecified atom stereocenters. The number of hydrogen-bond acceptors (Lipinski definition) is 8. The first-order valence-electron chi connectivity index (χ1n) is 18.1. The molecular weight excluding hydrogens is 593 g/mol. The zero-order valence-corrected chi connectivity index (χ0v) is 30.0. The second-order valence-corrected chi connectivity index (χ2v) is 13.5. The van der Waals surface area contributed by atoms with Crippen LogP contribution in [0.5, 0.6) is 0 Å². The van der Waals surface area contributed by atoms with Crippen molar-refractivity contribution in [1.29, 1.82) is 0 Å². The Morgan fingerprint density at radius 3 is 1.71 bits per heavy atom. The summed E-state index contributed by atoms with van der Waals surface area (Å²) >= 11 is 0. The van der Waals surface area contributed by atoms with E-state index in [1.807, 2.05) is 0 Å². The van der Waals surface area contributed by atoms with Crippen molar-refractivity contribution < 1.29 is 37.6 Å². The lowest BCUT2D eigenvalue weighted by atomic mass is 10.0. The SMILES string of the molecule is CCCC/C=C\CCCCCCCC(=O)OC(COC(=O)CCCCCCCCCCCCCC)COP(=O)(O)OCCNC. The molecule has 9 nitrogen and oxygen atoms in total. The van der Waals surface area contributed by atoms with Crippen LogP contribution in [-0.4, -0.2) is 56.3 Å². The normalized spacial score (nSPS) is 13.6. The van der Waals surface area contributed by atoms with Crippen LogP contribution in [-0.2, 0) is 32.7 Å². The summed E-state index contributed by atoms with van der Waals surface area (Å²) in [5, 5.41) is 2.81. The van der Waals surface area contributed by atoms with E-state index in [1.165, 1.54) is 70.6 Å². The average molecular weight is 662 g/mol. The minimum Gasteiger partial charge on any atom is -0.462 e. The Bertz CT molecular complexity index is 764. The zero-order chi connectivity index (χ0) is 33.3. The van der Waals surface area contributed by atoms with Crippen molar-refractivity contribution in [3.63, 3.8) is 0 Å². The topological polar surface area (TPSA) is 120 Å². The van der Waals surface area contributed by atoms with Gasteiger partial charge in [-0.1, -0.05) is 129 Å². The summed E-state index contributed by atoms with van der Waals surface area (Å²) in [7, 11) is -2.64. The molecule has 0 fully saturated rings. The van der Waals surface area contributed by atoms with E-state index in [9.17, 15) is 19.0 Å². The van der Waals surface area contributed by atoms with E-state index >= 15 is 0 Å². The molecule has 0 aliphatic rings. The van der Waals surface area contributed by atoms with Gasteiger partial charge in [0, 0.05) is 19.4 Å². The van der Waals surface area contributed by atoms with Gasteiger partial charge < -0.3 is 19.7 Å². The maximum Gasteiger partial charge on any atom is 0.472 e. The van der Waals surface area contributed by atoms with Gasteiger partial charge in [-0.05, 0) is 39.2 Å². The van der Waals surface area contributed by atoms with Crippen LogP contribution in [0.2, 0.25) is 0 Å². The summed E-state index contributed by atoms with van der Waals surface area (Å²) in [5.74, 6) is -0.816. The molecule has 0 aromatic rings. The van der Waals surface area contributed by atoms with Crippen LogP contribution in [0.1, 0.15) is 162 Å². The lowest BCUT2D eigenvalue weighted by Gasteiger charge is -2.20. The quantitative estimate of drug-likeness (QED) is 0.0301. The highest BCUT2D eigenvalue weighted by Gasteiger charge is 2.26. The van der Waals surface area contributed by atoms with Crippen molar-refractivity contribution in [1.82, 2.24) is 5.32 Å². The Kier molecular flexibility index (Phi) is 31.8. The van der Waals surface area contributed by atoms with E-state index in [0.717, 1.165) is 57.8 Å². The third-order valence-corrected chi connectivity index (χ3v) is 8.62. The first-order valence-corrected chi connectivity index (χ1v) is 19.6. The molecule has 0 bridgehead atoms. The fraction of sp³-hybridized carbons (Fsp3) is 0.886. The number of unbranched alkanes of at least 4 members (excludes halogenated alkanes) is 18. The van der Waals surface area contributed by atoms with E-state index in [0.29, 0.717) is 19.4 Å². The molecule has 0 amide bonds. The minimum absolute atomic E-state index is 0.0160. The summed E-state index contributed by atoms with van der Waals surface area (Å²) in [6.45, 7) is 4.16. The van der Waals surface area contributed by atoms with Gasteiger partial charge in [0.05, 0.1) is 13.2 Å². The molecule has 0 heterocycles. The Morgan fingerprint density at radius 2 is 1.16 bits per heavy atom. The number of phosphoric ester groups is 1. The van der Waals surface area contributed by atoms with E-state index in [-0.39, 0.29) is 25.6 Å². The van der Waals surface area contributed by atoms with Crippen molar-refractivity contribution in [2.24, 2.45) is 0 Å². The van der Waals surface area contributed by atoms with Gasteiger partial charge in [-0.15, -0.1) is 0 Å². The predicted molar refractivity (Wildman–Crippen MR) is 183 cm³/mol. The smallest absolute Gasteiger partial charge is 0.462 e. The fourth-order valence-corrected chi connectivity index (χ4v) is 5.58. The first-order chi connectivity index (χ1) is 21.8. The molecule has 10 heteroatoms. The Hall–Kier alpha value is -1.25. The largest absolute Gasteiger partial charge is 0.472 e. The summed E-state index contributed by atoms with van der Waals surface area (Å²) in [6, 6.07) is 0. The fourth-order valence-electron chi connectivity index (χ4n) is 4.83. The Labute approximate surface area is 275 Å². The van der Waals surface area contributed by atoms with Gasteiger partial charge in [0.2, 0.25) is 0 Å². The minimum atomic E-state index is -4.33. The maximum absolute atomic E-state index is 12.5. The van der Waals surface area contributed by atoms with E-state index in [1.54, 1.807) is 7.05 Å². The van der Waals surface area contributed by atoms with Crippen molar-refractivity contribution in [2.75, 3.05) is 33.4 Å². The third-order valence-electron chi connectivity index (χ3n) is 7.64. The summed E-state index contributed by atoms with van der Waals surface area (Å²) in [4.78, 5) is 34.8. The van der Waals surface area contributed by atoms with Crippen LogP contribution in [0.25, 0.3) is 0 Å². The lowest BCUT2D eigenvalue weighted by Crippen LogP contribution is -2.29. The van der Waals surface area contributed by atoms with Gasteiger partial charge in [0.1, 0.15) is 6.61 Å². The van der Waals surface area contributed by atoms with Crippen LogP contribution < -0.4 is 5.32 Å². The van der Waals surface area contributed by atoms with Crippen molar-refractivity contribution >= 4 is 19.8 Å². The van der Waals surface area contributed by atoms with Gasteiger partial charge >= 0.3 is 19.8 Å². The molecule has 2 atom stereocenters. The molecule has 0 radical (unpaired) electrons. The molecule has 0 aliphatic heterocycles. The Balaban J connectivity index is 4.32. The molecule has 0 spiro atoms. The molecule has 266 valence electrons. The molecule has 0 aliphatic carbocycles. The highest BCUT2D eigenvalue weighted by molar-refractivity contribution is 7.47. The summed E-state index contributed by atoms with van der Waals surface area (Å²) in [6.07, 6.45) is 28.3. The van der Waals surface area contributed by atoms with Gasteiger partial charge in [-0.25, -0.2) is 4.57 Å². The first kappa shape index (κ1) is 43.8. The molecule has 0 aromatic carbocycles. The molecule has 2 N–H and O–H groups in total. The molecule has 0 aromatic heterocycles. The highest BCUT2D eigenvalue weighted by atomic mass is 31.2. The molecule has 0 rings (SSSR count). The maximum atomic E-state index is 12.5. The molecule has 45 heavy (non-hydrogen) atoms. The number of hydrogen-bond donors (Lipinski definition) is 2. The van der Waals surface area contributed by atoms with Crippen LogP contribution in [0.4, 0.5) is 0 Å². The Morgan fingerprint density at radius 1 is 0.667 bits per heavy atom. The number of rotatable bonds is 34. The number of ether oxygens (including phenoxy) is 2. The summed E-state index contributed by atoms with van der Waals surface area (Å²) in [5.41, 5.74) is 0. The predicted octanol–water partition coefficient (Wildman–Crippen LogP) is 9.36. The molecular formula is C35H68NO8P. The van der Waals surface area contributed by atoms with E-state index in [2.05, 4.69) is 31.3 Å². The summed E-state index contributed by atoms with van der Waals surface area (Å²) < 4.78 is 33.0. The van der Waals surface area contributed by atoms with Gasteiger partial charge in [-0.2, -0.15) is 0 Å². The van der Waals surface area contributed by atoms with Crippen LogP contribution in [0.15, 0.2) is 12.2 Å². The number of esters is 2. The van der Waals surface area contributed by atoms with Gasteiger partial charge in [0.15, 0.2) is 6.10 Å². The second kappa shape index (κ2) is 32.7. The lowest BCUT2D eigenvalue weighted by molar-refractivity contribution is -0.161. The molecule has 0 saturated heterocycles. The van der Waals surface area contributed by atoms with Gasteiger partial charge in [0.25, 0.3) is 0 Å². The van der Waals surface area contributed by atoms with Crippen molar-refractivity contribution in [2.45, 2.75) is 168 Å². The van der Waals surface area contributed by atoms with Crippen LogP contribution in [0, 0.1) is 0 Å². The molecule has 0 saturated carbocycles. The zero-order valence-electron chi connectivity index (χ0n) is 29.1. The number of phosphoric acid groups is 1. The van der Waals surface area contributed by atoms with Crippen LogP contribution in [0.3, 0.4) is 0 Å². The highest BCUT2D eigenvalue weighted by Crippen LogP contribution is 2.43. The third kappa shape index (κ3) is 32.5. The second-order valence-electron chi connectivity index (χ2n) is 12.1. The van der Waals surface area contributed by atoms with E-state index in [4.69, 9.17) is 18.5 Å². The standard InChI is InChI=1S/C35H68NO8P/c1-4-6-8-10-12-14-16-18-19-21-23-25-27-34(37)41-31-33(32-43-45(39,40)42-30-29-36-3)44-35(38)28-26-24-22-20-17-15-13-11-9-7-5-2/h11,13,33,36H,4-10,12,14-32H2,1-3H3,(H,39,40)/b13-11-. The number of carbonyl (C=O) groups excluding carboxylic acids is 2. The number of likely N-dealkylation sites (N-methyl/N-ethyl adjacent to an activating group) is 1. The number of carbonyl (C=O) groups is 2. The monoisotopic (exact) mass is 661 g/mol. The van der Waals surface area contributed by atoms with Crippen molar-refractivity contribution in [3.05, 3.63) is 12.2 Å². The van der Waals surface area contributed by atoms with Crippen LogP contribution >= 0.6 is 7.82 Å². The average Bonchev–Trinajstić information content (AvgIpc) is 3.01. The number of allylic oxidation sites excluding steroid dienone is 2. The van der Waals surface area contributed by atoms with Crippen molar-refractivity contribution in [3.8, 4) is 0 Å².